The van der Waals surface area contributed by atoms with Gasteiger partial charge in [0.25, 0.3) is 5.91 Å². The maximum Gasteiger partial charge on any atom is 0.277 e. The quantitative estimate of drug-likeness (QED) is 0.846. The number of hydrogen-bond acceptors (Lipinski definition) is 5. The highest BCUT2D eigenvalue weighted by molar-refractivity contribution is 6.05. The normalized spacial score (nSPS) is 10.7. The molecule has 0 fully saturated rings. The van der Waals surface area contributed by atoms with Crippen LogP contribution in [-0.2, 0) is 0 Å². The lowest BCUT2D eigenvalue weighted by molar-refractivity contribution is 0.0983. The molecule has 0 radical (unpaired) electrons. The molecule has 0 bridgehead atoms. The van der Waals surface area contributed by atoms with Gasteiger partial charge >= 0.3 is 0 Å². The summed E-state index contributed by atoms with van der Waals surface area (Å²) in [5.74, 6) is 0.539. The van der Waals surface area contributed by atoms with Crippen molar-refractivity contribution in [1.29, 1.82) is 0 Å². The summed E-state index contributed by atoms with van der Waals surface area (Å²) in [5, 5.41) is 3.21. The van der Waals surface area contributed by atoms with Crippen LogP contribution in [-0.4, -0.2) is 54.5 Å². The van der Waals surface area contributed by atoms with Gasteiger partial charge in [0, 0.05) is 31.4 Å². The Kier molecular flexibility index (Phi) is 6.26. The van der Waals surface area contributed by atoms with E-state index in [1.807, 2.05) is 52.2 Å². The van der Waals surface area contributed by atoms with Crippen LogP contribution in [0.15, 0.2) is 36.7 Å². The van der Waals surface area contributed by atoms with Gasteiger partial charge in [-0.3, -0.25) is 4.79 Å². The number of nitrogens with one attached hydrogen (secondary N) is 1. The zero-order valence-electron chi connectivity index (χ0n) is 14.8. The monoisotopic (exact) mass is 327 g/mol. The van der Waals surface area contributed by atoms with Gasteiger partial charge in [-0.1, -0.05) is 12.1 Å². The van der Waals surface area contributed by atoms with Crippen molar-refractivity contribution >= 4 is 17.4 Å². The summed E-state index contributed by atoms with van der Waals surface area (Å²) < 4.78 is 0. The number of aromatic nitrogens is 2. The molecule has 6 nitrogen and oxygen atoms in total. The molecule has 6 heteroatoms. The SMILES string of the molecule is CCN(C(=O)c1cc(NCCN(C)C)ncn1)c1cccc(C)c1. The fourth-order valence-electron chi connectivity index (χ4n) is 2.36. The van der Waals surface area contributed by atoms with E-state index in [0.29, 0.717) is 18.1 Å². The average Bonchev–Trinajstić information content (AvgIpc) is 2.55. The predicted molar refractivity (Wildman–Crippen MR) is 97.6 cm³/mol. The lowest BCUT2D eigenvalue weighted by Gasteiger charge is -2.21. The maximum atomic E-state index is 12.8. The standard InChI is InChI=1S/C18H25N5O/c1-5-23(15-8-6-7-14(2)11-15)18(24)16-12-17(21-13-20-16)19-9-10-22(3)4/h6-8,11-13H,5,9-10H2,1-4H3,(H,19,20,21). The summed E-state index contributed by atoms with van der Waals surface area (Å²) in [6.07, 6.45) is 1.43. The molecule has 2 rings (SSSR count). The Morgan fingerprint density at radius 3 is 2.67 bits per heavy atom. The summed E-state index contributed by atoms with van der Waals surface area (Å²) >= 11 is 0. The van der Waals surface area contributed by atoms with Crippen molar-refractivity contribution in [3.8, 4) is 0 Å². The first kappa shape index (κ1) is 17.9. The molecule has 0 aliphatic rings. The van der Waals surface area contributed by atoms with E-state index in [9.17, 15) is 4.79 Å². The van der Waals surface area contributed by atoms with E-state index in [2.05, 4.69) is 20.2 Å². The number of anilines is 2. The Bertz CT molecular complexity index is 687. The fraction of sp³-hybridized carbons (Fsp3) is 0.389. The second-order valence-corrected chi connectivity index (χ2v) is 5.91. The number of hydrogen-bond donors (Lipinski definition) is 1. The van der Waals surface area contributed by atoms with Crippen LogP contribution in [0.5, 0.6) is 0 Å². The minimum absolute atomic E-state index is 0.124. The molecule has 1 amide bonds. The molecule has 0 saturated heterocycles. The number of benzene rings is 1. The first-order chi connectivity index (χ1) is 11.5. The number of aryl methyl sites for hydroxylation is 1. The minimum atomic E-state index is -0.124. The smallest absolute Gasteiger partial charge is 0.277 e. The molecule has 0 unspecified atom stereocenters. The number of carbonyl (C=O) groups excluding carboxylic acids is 1. The molecule has 128 valence electrons. The Labute approximate surface area is 143 Å². The lowest BCUT2D eigenvalue weighted by Crippen LogP contribution is -2.31. The highest BCUT2D eigenvalue weighted by atomic mass is 16.2. The van der Waals surface area contributed by atoms with E-state index < -0.39 is 0 Å². The molecule has 1 N–H and O–H groups in total. The van der Waals surface area contributed by atoms with Gasteiger partial charge in [-0.25, -0.2) is 9.97 Å². The average molecular weight is 327 g/mol. The third kappa shape index (κ3) is 4.76. The van der Waals surface area contributed by atoms with Gasteiger partial charge in [0.2, 0.25) is 0 Å². The molecule has 0 spiro atoms. The third-order valence-electron chi connectivity index (χ3n) is 3.63. The highest BCUT2D eigenvalue weighted by Gasteiger charge is 2.18. The first-order valence-corrected chi connectivity index (χ1v) is 8.10. The lowest BCUT2D eigenvalue weighted by atomic mass is 10.2. The number of likely N-dealkylation sites (N-methyl/N-ethyl adjacent to an activating group) is 1. The largest absolute Gasteiger partial charge is 0.369 e. The molecule has 0 saturated carbocycles. The molecule has 0 aliphatic heterocycles. The molecule has 24 heavy (non-hydrogen) atoms. The van der Waals surface area contributed by atoms with Gasteiger partial charge in [-0.15, -0.1) is 0 Å². The summed E-state index contributed by atoms with van der Waals surface area (Å²) in [6, 6.07) is 9.61. The second kappa shape index (κ2) is 8.40. The van der Waals surface area contributed by atoms with E-state index >= 15 is 0 Å². The predicted octanol–water partition coefficient (Wildman–Crippen LogP) is 2.43. The molecule has 0 atom stereocenters. The van der Waals surface area contributed by atoms with Crippen LogP contribution in [0.2, 0.25) is 0 Å². The van der Waals surface area contributed by atoms with E-state index in [1.54, 1.807) is 11.0 Å². The van der Waals surface area contributed by atoms with Crippen LogP contribution in [0.3, 0.4) is 0 Å². The topological polar surface area (TPSA) is 61.4 Å². The van der Waals surface area contributed by atoms with Crippen LogP contribution in [0.25, 0.3) is 0 Å². The van der Waals surface area contributed by atoms with E-state index in [-0.39, 0.29) is 5.91 Å². The Balaban J connectivity index is 2.15. The zero-order chi connectivity index (χ0) is 17.5. The van der Waals surface area contributed by atoms with Crippen LogP contribution >= 0.6 is 0 Å². The summed E-state index contributed by atoms with van der Waals surface area (Å²) in [6.45, 7) is 6.19. The van der Waals surface area contributed by atoms with Crippen LogP contribution in [0.1, 0.15) is 23.0 Å². The van der Waals surface area contributed by atoms with E-state index in [0.717, 1.165) is 24.3 Å². The van der Waals surface area contributed by atoms with Crippen molar-refractivity contribution in [2.75, 3.05) is 43.9 Å². The maximum absolute atomic E-state index is 12.8. The Morgan fingerprint density at radius 1 is 1.21 bits per heavy atom. The van der Waals surface area contributed by atoms with Crippen LogP contribution < -0.4 is 10.2 Å². The third-order valence-corrected chi connectivity index (χ3v) is 3.63. The van der Waals surface area contributed by atoms with Crippen molar-refractivity contribution in [2.24, 2.45) is 0 Å². The second-order valence-electron chi connectivity index (χ2n) is 5.91. The van der Waals surface area contributed by atoms with E-state index in [1.165, 1.54) is 6.33 Å². The number of rotatable bonds is 7. The molecule has 0 aliphatic carbocycles. The number of amides is 1. The van der Waals surface area contributed by atoms with Gasteiger partial charge in [-0.05, 0) is 45.6 Å². The highest BCUT2D eigenvalue weighted by Crippen LogP contribution is 2.18. The van der Waals surface area contributed by atoms with Crippen LogP contribution in [0.4, 0.5) is 11.5 Å². The van der Waals surface area contributed by atoms with Crippen molar-refractivity contribution < 1.29 is 4.79 Å². The van der Waals surface area contributed by atoms with Crippen molar-refractivity contribution in [3.63, 3.8) is 0 Å². The molecular formula is C18H25N5O. The van der Waals surface area contributed by atoms with Crippen LogP contribution in [0, 0.1) is 6.92 Å². The summed E-state index contributed by atoms with van der Waals surface area (Å²) in [7, 11) is 4.02. The van der Waals surface area contributed by atoms with Gasteiger partial charge < -0.3 is 15.1 Å². The van der Waals surface area contributed by atoms with Gasteiger partial charge in [0.05, 0.1) is 0 Å². The number of nitrogens with zero attached hydrogens (tertiary/aromatic N) is 4. The minimum Gasteiger partial charge on any atom is -0.369 e. The van der Waals surface area contributed by atoms with Gasteiger partial charge in [-0.2, -0.15) is 0 Å². The number of carbonyl (C=O) groups is 1. The molecular weight excluding hydrogens is 302 g/mol. The van der Waals surface area contributed by atoms with Crippen molar-refractivity contribution in [1.82, 2.24) is 14.9 Å². The Morgan fingerprint density at radius 2 is 2.00 bits per heavy atom. The Hall–Kier alpha value is -2.47. The molecule has 1 aromatic carbocycles. The zero-order valence-corrected chi connectivity index (χ0v) is 14.8. The molecule has 1 aromatic heterocycles. The molecule has 2 aromatic rings. The van der Waals surface area contributed by atoms with Crippen molar-refractivity contribution in [2.45, 2.75) is 13.8 Å². The summed E-state index contributed by atoms with van der Waals surface area (Å²) in [5.41, 5.74) is 2.39. The van der Waals surface area contributed by atoms with Gasteiger partial charge in [0.1, 0.15) is 17.8 Å². The fourth-order valence-corrected chi connectivity index (χ4v) is 2.36. The summed E-state index contributed by atoms with van der Waals surface area (Å²) in [4.78, 5) is 24.9. The first-order valence-electron chi connectivity index (χ1n) is 8.10. The molecule has 1 heterocycles. The van der Waals surface area contributed by atoms with Crippen molar-refractivity contribution in [3.05, 3.63) is 47.9 Å². The van der Waals surface area contributed by atoms with E-state index in [4.69, 9.17) is 0 Å². The van der Waals surface area contributed by atoms with Gasteiger partial charge in [0.15, 0.2) is 0 Å².